The molecule has 0 amide bonds. The number of sulfonamides is 1. The summed E-state index contributed by atoms with van der Waals surface area (Å²) < 4.78 is 92.6. The normalized spacial score (nSPS) is 11.0. The van der Waals surface area contributed by atoms with Crippen molar-refractivity contribution in [2.45, 2.75) is 11.8 Å². The fourth-order valence-electron chi connectivity index (χ4n) is 2.15. The zero-order chi connectivity index (χ0) is 20.4. The molecule has 0 fully saturated rings. The minimum absolute atomic E-state index is 0.172. The summed E-state index contributed by atoms with van der Waals surface area (Å²) in [6, 6.07) is 2.97. The maximum Gasteiger partial charge on any atom is 0.268 e. The quantitative estimate of drug-likeness (QED) is 0.456. The SMILES string of the molecule is C#CCOc1c(F)c(C)c(F)c(F)c1S(=O)(=O)Nc1ccc(OC)c(F)c1. The Morgan fingerprint density at radius 3 is 2.37 bits per heavy atom. The van der Waals surface area contributed by atoms with E-state index in [4.69, 9.17) is 15.9 Å². The molecule has 0 aliphatic rings. The Morgan fingerprint density at radius 1 is 1.15 bits per heavy atom. The molecule has 0 aliphatic heterocycles. The van der Waals surface area contributed by atoms with E-state index >= 15 is 0 Å². The first-order valence-corrected chi connectivity index (χ1v) is 8.72. The van der Waals surface area contributed by atoms with Crippen LogP contribution in [0.15, 0.2) is 23.1 Å². The maximum absolute atomic E-state index is 14.3. The van der Waals surface area contributed by atoms with Crippen LogP contribution in [0.25, 0.3) is 0 Å². The van der Waals surface area contributed by atoms with Gasteiger partial charge in [-0.1, -0.05) is 5.92 Å². The molecule has 0 bridgehead atoms. The van der Waals surface area contributed by atoms with E-state index in [0.29, 0.717) is 0 Å². The number of ether oxygens (including phenoxy) is 2. The minimum Gasteiger partial charge on any atom is -0.494 e. The monoisotopic (exact) mass is 403 g/mol. The Labute approximate surface area is 153 Å². The fraction of sp³-hybridized carbons (Fsp3) is 0.176. The highest BCUT2D eigenvalue weighted by Gasteiger charge is 2.33. The van der Waals surface area contributed by atoms with Gasteiger partial charge in [-0.3, -0.25) is 4.72 Å². The Hall–Kier alpha value is -2.93. The standard InChI is InChI=1S/C17H13F4NO4S/c1-4-7-26-16-14(20)9(2)13(19)15(21)17(16)27(23,24)22-10-5-6-12(25-3)11(18)8-10/h1,5-6,8,22H,7H2,2-3H3. The first-order chi connectivity index (χ1) is 12.6. The van der Waals surface area contributed by atoms with E-state index in [-0.39, 0.29) is 11.4 Å². The van der Waals surface area contributed by atoms with Gasteiger partial charge in [-0.05, 0) is 19.1 Å². The minimum atomic E-state index is -4.91. The van der Waals surface area contributed by atoms with Crippen LogP contribution in [-0.4, -0.2) is 22.1 Å². The number of nitrogens with one attached hydrogen (secondary N) is 1. The number of terminal acetylenes is 1. The van der Waals surface area contributed by atoms with Gasteiger partial charge in [0, 0.05) is 11.6 Å². The average molecular weight is 403 g/mol. The Morgan fingerprint density at radius 2 is 1.81 bits per heavy atom. The molecule has 0 aliphatic carbocycles. The molecule has 2 aromatic carbocycles. The topological polar surface area (TPSA) is 64.6 Å². The van der Waals surface area contributed by atoms with Crippen molar-refractivity contribution in [3.05, 3.63) is 47.0 Å². The molecule has 0 radical (unpaired) electrons. The third kappa shape index (κ3) is 3.93. The number of hydrogen-bond acceptors (Lipinski definition) is 4. The molecule has 0 atom stereocenters. The van der Waals surface area contributed by atoms with Crippen LogP contribution in [0.4, 0.5) is 23.2 Å². The first kappa shape index (κ1) is 20.4. The molecule has 0 saturated carbocycles. The third-order valence-corrected chi connectivity index (χ3v) is 4.84. The van der Waals surface area contributed by atoms with Crippen LogP contribution in [0, 0.1) is 42.5 Å². The molecule has 1 N–H and O–H groups in total. The highest BCUT2D eigenvalue weighted by Crippen LogP contribution is 2.35. The van der Waals surface area contributed by atoms with Crippen LogP contribution >= 0.6 is 0 Å². The summed E-state index contributed by atoms with van der Waals surface area (Å²) in [5.74, 6) is -5.19. The van der Waals surface area contributed by atoms with E-state index in [2.05, 4.69) is 0 Å². The van der Waals surface area contributed by atoms with Crippen molar-refractivity contribution in [2.24, 2.45) is 0 Å². The van der Waals surface area contributed by atoms with Gasteiger partial charge in [-0.15, -0.1) is 6.42 Å². The molecule has 2 aromatic rings. The number of hydrogen-bond donors (Lipinski definition) is 1. The van der Waals surface area contributed by atoms with Gasteiger partial charge in [0.2, 0.25) is 0 Å². The number of anilines is 1. The molecular formula is C17H13F4NO4S. The van der Waals surface area contributed by atoms with E-state index in [1.807, 2.05) is 10.6 Å². The summed E-state index contributed by atoms with van der Waals surface area (Å²) in [5, 5.41) is 0. The number of halogens is 4. The Balaban J connectivity index is 2.61. The van der Waals surface area contributed by atoms with Crippen LogP contribution in [0.5, 0.6) is 11.5 Å². The Kier molecular flexibility index (Phi) is 5.85. The van der Waals surface area contributed by atoms with Crippen molar-refractivity contribution in [1.29, 1.82) is 0 Å². The van der Waals surface area contributed by atoms with Crippen molar-refractivity contribution in [2.75, 3.05) is 18.4 Å². The van der Waals surface area contributed by atoms with Gasteiger partial charge in [0.1, 0.15) is 6.61 Å². The van der Waals surface area contributed by atoms with Crippen LogP contribution in [-0.2, 0) is 10.0 Å². The largest absolute Gasteiger partial charge is 0.494 e. The van der Waals surface area contributed by atoms with Crippen molar-refractivity contribution < 1.29 is 35.5 Å². The predicted octanol–water partition coefficient (Wildman–Crippen LogP) is 3.37. The van der Waals surface area contributed by atoms with Gasteiger partial charge in [-0.2, -0.15) is 0 Å². The lowest BCUT2D eigenvalue weighted by Gasteiger charge is -2.16. The maximum atomic E-state index is 14.3. The second-order valence-corrected chi connectivity index (χ2v) is 6.79. The average Bonchev–Trinajstić information content (AvgIpc) is 2.61. The molecule has 27 heavy (non-hydrogen) atoms. The molecule has 5 nitrogen and oxygen atoms in total. The summed E-state index contributed by atoms with van der Waals surface area (Å²) in [6.45, 7) is 0.306. The smallest absolute Gasteiger partial charge is 0.268 e. The highest BCUT2D eigenvalue weighted by molar-refractivity contribution is 7.92. The van der Waals surface area contributed by atoms with Gasteiger partial charge >= 0.3 is 0 Å². The van der Waals surface area contributed by atoms with Gasteiger partial charge in [0.15, 0.2) is 39.7 Å². The summed E-state index contributed by atoms with van der Waals surface area (Å²) >= 11 is 0. The van der Waals surface area contributed by atoms with Gasteiger partial charge in [-0.25, -0.2) is 26.0 Å². The molecule has 0 unspecified atom stereocenters. The van der Waals surface area contributed by atoms with Gasteiger partial charge < -0.3 is 9.47 Å². The number of methoxy groups -OCH3 is 1. The summed E-state index contributed by atoms with van der Waals surface area (Å²) in [5.41, 5.74) is -1.12. The van der Waals surface area contributed by atoms with Crippen molar-refractivity contribution in [1.82, 2.24) is 0 Å². The van der Waals surface area contributed by atoms with E-state index in [9.17, 15) is 26.0 Å². The summed E-state index contributed by atoms with van der Waals surface area (Å²) in [6.07, 6.45) is 4.98. The van der Waals surface area contributed by atoms with Crippen LogP contribution in [0.2, 0.25) is 0 Å². The fourth-order valence-corrected chi connectivity index (χ4v) is 3.41. The predicted molar refractivity (Wildman–Crippen MR) is 89.1 cm³/mol. The lowest BCUT2D eigenvalue weighted by Crippen LogP contribution is -2.19. The lowest BCUT2D eigenvalue weighted by atomic mass is 10.2. The molecule has 0 aromatic heterocycles. The Bertz CT molecular complexity index is 1030. The second kappa shape index (κ2) is 7.75. The summed E-state index contributed by atoms with van der Waals surface area (Å²) in [4.78, 5) is -1.42. The van der Waals surface area contributed by atoms with E-state index in [0.717, 1.165) is 25.1 Å². The molecular weight excluding hydrogens is 390 g/mol. The zero-order valence-electron chi connectivity index (χ0n) is 14.1. The second-order valence-electron chi connectivity index (χ2n) is 5.17. The molecule has 0 heterocycles. The summed E-state index contributed by atoms with van der Waals surface area (Å²) in [7, 11) is -3.71. The van der Waals surface area contributed by atoms with Crippen molar-refractivity contribution in [3.63, 3.8) is 0 Å². The molecule has 144 valence electrons. The van der Waals surface area contributed by atoms with E-state index < -0.39 is 56.1 Å². The zero-order valence-corrected chi connectivity index (χ0v) is 14.9. The lowest BCUT2D eigenvalue weighted by molar-refractivity contribution is 0.323. The highest BCUT2D eigenvalue weighted by atomic mass is 32.2. The molecule has 0 saturated heterocycles. The molecule has 10 heteroatoms. The van der Waals surface area contributed by atoms with Crippen molar-refractivity contribution in [3.8, 4) is 23.8 Å². The first-order valence-electron chi connectivity index (χ1n) is 7.23. The van der Waals surface area contributed by atoms with Crippen molar-refractivity contribution >= 4 is 15.7 Å². The number of benzene rings is 2. The third-order valence-electron chi connectivity index (χ3n) is 3.43. The van der Waals surface area contributed by atoms with Gasteiger partial charge in [0.25, 0.3) is 10.0 Å². The van der Waals surface area contributed by atoms with E-state index in [1.165, 1.54) is 7.11 Å². The van der Waals surface area contributed by atoms with Crippen LogP contribution in [0.3, 0.4) is 0 Å². The number of rotatable bonds is 6. The van der Waals surface area contributed by atoms with E-state index in [1.54, 1.807) is 0 Å². The van der Waals surface area contributed by atoms with Gasteiger partial charge in [0.05, 0.1) is 12.8 Å². The van der Waals surface area contributed by atoms with Crippen LogP contribution < -0.4 is 14.2 Å². The molecule has 2 rings (SSSR count). The van der Waals surface area contributed by atoms with Crippen LogP contribution in [0.1, 0.15) is 5.56 Å². The molecule has 0 spiro atoms.